The Morgan fingerprint density at radius 2 is 1.78 bits per heavy atom. The molecule has 0 fully saturated rings. The summed E-state index contributed by atoms with van der Waals surface area (Å²) in [4.78, 5) is 15.7. The third-order valence-electron chi connectivity index (χ3n) is 5.98. The van der Waals surface area contributed by atoms with E-state index in [0.29, 0.717) is 5.69 Å². The molecule has 2 aromatic carbocycles. The van der Waals surface area contributed by atoms with E-state index in [1.165, 1.54) is 5.56 Å². The second kappa shape index (κ2) is 11.1. The lowest BCUT2D eigenvalue weighted by atomic mass is 10.1. The number of carbonyl (C=O) groups is 1. The van der Waals surface area contributed by atoms with E-state index in [0.717, 1.165) is 55.0 Å². The number of benzene rings is 2. The maximum Gasteiger partial charge on any atom is 0.270 e. The Hall–Kier alpha value is -2.92. The van der Waals surface area contributed by atoms with Crippen molar-refractivity contribution in [1.82, 2.24) is 20.0 Å². The van der Waals surface area contributed by atoms with Crippen LogP contribution in [0.25, 0.3) is 16.9 Å². The monoisotopic (exact) mass is 432 g/mol. The van der Waals surface area contributed by atoms with Gasteiger partial charge in [0.15, 0.2) is 0 Å². The van der Waals surface area contributed by atoms with Crippen LogP contribution in [0, 0.1) is 13.8 Å². The second-order valence-electron chi connectivity index (χ2n) is 8.53. The van der Waals surface area contributed by atoms with Crippen LogP contribution in [0.2, 0.25) is 0 Å². The zero-order valence-corrected chi connectivity index (χ0v) is 20.1. The topological polar surface area (TPSA) is 50.2 Å². The number of nitrogens with one attached hydrogen (secondary N) is 1. The molecular formula is C27H36N4O. The molecule has 3 rings (SSSR count). The highest BCUT2D eigenvalue weighted by atomic mass is 16.2. The predicted octanol–water partition coefficient (Wildman–Crippen LogP) is 5.40. The van der Waals surface area contributed by atoms with Gasteiger partial charge in [-0.25, -0.2) is 4.68 Å². The third kappa shape index (κ3) is 5.86. The molecule has 0 saturated heterocycles. The summed E-state index contributed by atoms with van der Waals surface area (Å²) in [6.07, 6.45) is 2.01. The van der Waals surface area contributed by atoms with Crippen LogP contribution in [0.3, 0.4) is 0 Å². The predicted molar refractivity (Wildman–Crippen MR) is 132 cm³/mol. The third-order valence-corrected chi connectivity index (χ3v) is 5.98. The number of aryl methyl sites for hydroxylation is 2. The van der Waals surface area contributed by atoms with Gasteiger partial charge in [-0.15, -0.1) is 0 Å². The molecule has 1 aromatic heterocycles. The van der Waals surface area contributed by atoms with Crippen LogP contribution in [0.5, 0.6) is 0 Å². The van der Waals surface area contributed by atoms with E-state index >= 15 is 0 Å². The molecule has 0 aliphatic carbocycles. The summed E-state index contributed by atoms with van der Waals surface area (Å²) in [5, 5.41) is 8.02. The van der Waals surface area contributed by atoms with Crippen molar-refractivity contribution in [1.29, 1.82) is 0 Å². The fourth-order valence-electron chi connectivity index (χ4n) is 4.05. The summed E-state index contributed by atoms with van der Waals surface area (Å²) < 4.78 is 1.79. The Kier molecular flexibility index (Phi) is 8.23. The van der Waals surface area contributed by atoms with Crippen molar-refractivity contribution in [2.45, 2.75) is 53.5 Å². The highest BCUT2D eigenvalue weighted by Crippen LogP contribution is 2.24. The van der Waals surface area contributed by atoms with Crippen molar-refractivity contribution >= 4 is 5.91 Å². The molecule has 3 aromatic rings. The number of carbonyl (C=O) groups excluding carboxylic acids is 1. The first kappa shape index (κ1) is 23.7. The molecule has 0 spiro atoms. The minimum absolute atomic E-state index is 0.0880. The number of hydrogen-bond acceptors (Lipinski definition) is 3. The molecule has 1 heterocycles. The minimum Gasteiger partial charge on any atom is -0.348 e. The zero-order valence-electron chi connectivity index (χ0n) is 20.1. The highest BCUT2D eigenvalue weighted by Gasteiger charge is 2.20. The number of hydrogen-bond donors (Lipinski definition) is 1. The maximum absolute atomic E-state index is 13.3. The lowest BCUT2D eigenvalue weighted by Gasteiger charge is -2.20. The Morgan fingerprint density at radius 1 is 1.06 bits per heavy atom. The van der Waals surface area contributed by atoms with Crippen LogP contribution in [0.4, 0.5) is 0 Å². The van der Waals surface area contributed by atoms with Crippen LogP contribution in [-0.2, 0) is 0 Å². The van der Waals surface area contributed by atoms with Crippen LogP contribution in [-0.4, -0.2) is 46.3 Å². The van der Waals surface area contributed by atoms with Gasteiger partial charge in [-0.05, 0) is 70.9 Å². The van der Waals surface area contributed by atoms with Crippen molar-refractivity contribution < 1.29 is 4.79 Å². The van der Waals surface area contributed by atoms with Crippen LogP contribution in [0.1, 0.15) is 55.2 Å². The van der Waals surface area contributed by atoms with Crippen LogP contribution in [0.15, 0.2) is 54.6 Å². The normalized spacial score (nSPS) is 12.2. The summed E-state index contributed by atoms with van der Waals surface area (Å²) in [7, 11) is 0. The van der Waals surface area contributed by atoms with E-state index in [1.807, 2.05) is 42.5 Å². The van der Waals surface area contributed by atoms with Gasteiger partial charge in [0, 0.05) is 11.6 Å². The number of nitrogens with zero attached hydrogens (tertiary/aromatic N) is 3. The van der Waals surface area contributed by atoms with Gasteiger partial charge < -0.3 is 10.2 Å². The van der Waals surface area contributed by atoms with Gasteiger partial charge >= 0.3 is 0 Å². The summed E-state index contributed by atoms with van der Waals surface area (Å²) in [5.41, 5.74) is 5.56. The molecule has 1 amide bonds. The first-order chi connectivity index (χ1) is 15.4. The highest BCUT2D eigenvalue weighted by molar-refractivity contribution is 5.94. The largest absolute Gasteiger partial charge is 0.348 e. The van der Waals surface area contributed by atoms with Gasteiger partial charge in [0.05, 0.1) is 11.4 Å². The van der Waals surface area contributed by atoms with Gasteiger partial charge in [-0.3, -0.25) is 4.79 Å². The van der Waals surface area contributed by atoms with E-state index in [9.17, 15) is 4.79 Å². The summed E-state index contributed by atoms with van der Waals surface area (Å²) in [5.74, 6) is -0.0880. The van der Waals surface area contributed by atoms with Crippen molar-refractivity contribution in [3.63, 3.8) is 0 Å². The Bertz CT molecular complexity index is 1020. The van der Waals surface area contributed by atoms with Gasteiger partial charge in [0.1, 0.15) is 5.69 Å². The van der Waals surface area contributed by atoms with Gasteiger partial charge in [0.2, 0.25) is 0 Å². The van der Waals surface area contributed by atoms with E-state index in [4.69, 9.17) is 5.10 Å². The fraction of sp³-hybridized carbons (Fsp3) is 0.407. The Balaban J connectivity index is 1.84. The van der Waals surface area contributed by atoms with Gasteiger partial charge in [-0.2, -0.15) is 5.10 Å². The molecule has 170 valence electrons. The number of aromatic nitrogens is 2. The first-order valence-electron chi connectivity index (χ1n) is 11.7. The molecule has 5 nitrogen and oxygen atoms in total. The average Bonchev–Trinajstić information content (AvgIpc) is 3.23. The van der Waals surface area contributed by atoms with Gasteiger partial charge in [0.25, 0.3) is 5.91 Å². The smallest absolute Gasteiger partial charge is 0.270 e. The molecule has 1 N–H and O–H groups in total. The quantitative estimate of drug-likeness (QED) is 0.467. The van der Waals surface area contributed by atoms with Crippen molar-refractivity contribution in [2.75, 3.05) is 19.6 Å². The summed E-state index contributed by atoms with van der Waals surface area (Å²) in [6, 6.07) is 18.2. The minimum atomic E-state index is -0.0880. The molecule has 0 radical (unpaired) electrons. The van der Waals surface area contributed by atoms with E-state index < -0.39 is 0 Å². The van der Waals surface area contributed by atoms with Crippen molar-refractivity contribution in [3.8, 4) is 16.9 Å². The molecule has 0 bridgehead atoms. The lowest BCUT2D eigenvalue weighted by molar-refractivity contribution is 0.0929. The zero-order chi connectivity index (χ0) is 23.1. The van der Waals surface area contributed by atoms with Crippen LogP contribution >= 0.6 is 0 Å². The van der Waals surface area contributed by atoms with Crippen LogP contribution < -0.4 is 5.32 Å². The summed E-state index contributed by atoms with van der Waals surface area (Å²) >= 11 is 0. The standard InChI is InChI=1S/C27H36N4O/c1-6-30(7-2)17-11-12-22(5)28-27(32)26-19-24(23-13-9-8-10-14-23)29-31(26)25-16-15-20(3)18-21(25)4/h8-10,13-16,18-19,22H,6-7,11-12,17H2,1-5H3,(H,28,32). The van der Waals surface area contributed by atoms with E-state index in [-0.39, 0.29) is 11.9 Å². The fourth-order valence-corrected chi connectivity index (χ4v) is 4.05. The molecule has 0 aliphatic rings. The van der Waals surface area contributed by atoms with Crippen molar-refractivity contribution in [3.05, 3.63) is 71.4 Å². The lowest BCUT2D eigenvalue weighted by Crippen LogP contribution is -2.34. The number of amides is 1. The SMILES string of the molecule is CCN(CC)CCCC(C)NC(=O)c1cc(-c2ccccc2)nn1-c1ccc(C)cc1C. The molecule has 5 heteroatoms. The molecule has 0 aliphatic heterocycles. The summed E-state index contributed by atoms with van der Waals surface area (Å²) in [6.45, 7) is 13.8. The maximum atomic E-state index is 13.3. The molecular weight excluding hydrogens is 396 g/mol. The van der Waals surface area contributed by atoms with Crippen molar-refractivity contribution in [2.24, 2.45) is 0 Å². The first-order valence-corrected chi connectivity index (χ1v) is 11.7. The second-order valence-corrected chi connectivity index (χ2v) is 8.53. The van der Waals surface area contributed by atoms with E-state index in [2.05, 4.69) is 57.0 Å². The average molecular weight is 433 g/mol. The Morgan fingerprint density at radius 3 is 2.44 bits per heavy atom. The van der Waals surface area contributed by atoms with Gasteiger partial charge in [-0.1, -0.05) is 61.9 Å². The molecule has 1 atom stereocenters. The molecule has 32 heavy (non-hydrogen) atoms. The molecule has 1 unspecified atom stereocenters. The Labute approximate surface area is 192 Å². The number of rotatable bonds is 10. The van der Waals surface area contributed by atoms with E-state index in [1.54, 1.807) is 4.68 Å². The molecule has 0 saturated carbocycles.